The molecule has 2 saturated heterocycles. The molecule has 25 heteroatoms. The smallest absolute Gasteiger partial charge is 0.339 e. The molecule has 6 fully saturated rings. The minimum Gasteiger partial charge on any atom is -0.467 e. The SMILES string of the molecule is COC(=O)C1OC(OCC(=NNC(N)=O)C2CCC3C4CCC5CC(OC6OC(C(=O)OC)C(OC(C)=O)C(OC(C)=O)C6OC(C)=O)CCC5(C)C4C(=O)CC23C)C(OC(C)=O)C(OC(C)=O)C1OC(C)=O. The van der Waals surface area contributed by atoms with Crippen molar-refractivity contribution in [3.8, 4) is 0 Å². The standard InChI is InChI=1S/C48H67N3O22/c1-20(52)65-34-36(67-22(3)54)40(69-24(5)56)44(72-38(34)42(59)62-9)64-19-31(50-51-46(49)61)30-14-13-29-28-12-11-26-17-27(15-16-47(26,7)33(28)32(58)18-48(29,30)8)71-45-41(70-25(6)57)37(68-23(4)55)35(66-21(2)53)39(73-45)43(60)63-10/h26-30,33-41,44-45H,11-19H2,1-10H3,(H3,49,51,61). The Morgan fingerprint density at radius 3 is 1.60 bits per heavy atom. The van der Waals surface area contributed by atoms with Crippen LogP contribution in [0.25, 0.3) is 0 Å². The normalized spacial score (nSPS) is 37.8. The predicted molar refractivity (Wildman–Crippen MR) is 241 cm³/mol. The van der Waals surface area contributed by atoms with Crippen molar-refractivity contribution in [1.29, 1.82) is 0 Å². The number of hydrazone groups is 1. The summed E-state index contributed by atoms with van der Waals surface area (Å²) in [6, 6.07) is -0.991. The highest BCUT2D eigenvalue weighted by atomic mass is 16.8. The highest BCUT2D eigenvalue weighted by molar-refractivity contribution is 5.92. The molecule has 4 saturated carbocycles. The second-order valence-corrected chi connectivity index (χ2v) is 20.1. The molecule has 4 aliphatic carbocycles. The number of ketones is 1. The molecule has 25 nitrogen and oxygen atoms in total. The van der Waals surface area contributed by atoms with Gasteiger partial charge in [0.25, 0.3) is 0 Å². The zero-order valence-electron chi connectivity index (χ0n) is 42.6. The Kier molecular flexibility index (Phi) is 17.9. The number of hydrogen-bond donors (Lipinski definition) is 2. The van der Waals surface area contributed by atoms with Crippen LogP contribution >= 0.6 is 0 Å². The lowest BCUT2D eigenvalue weighted by Gasteiger charge is -2.60. The summed E-state index contributed by atoms with van der Waals surface area (Å²) in [5, 5.41) is 4.37. The van der Waals surface area contributed by atoms with E-state index in [-0.39, 0.29) is 41.6 Å². The maximum atomic E-state index is 14.9. The summed E-state index contributed by atoms with van der Waals surface area (Å²) >= 11 is 0. The second-order valence-electron chi connectivity index (χ2n) is 20.1. The number of nitrogens with two attached hydrogens (primary N) is 1. The molecule has 0 bridgehead atoms. The van der Waals surface area contributed by atoms with Crippen molar-refractivity contribution in [3.05, 3.63) is 0 Å². The molecule has 0 aromatic carbocycles. The van der Waals surface area contributed by atoms with Gasteiger partial charge in [0.05, 0.1) is 32.6 Å². The van der Waals surface area contributed by atoms with Crippen molar-refractivity contribution >= 4 is 65.3 Å². The van der Waals surface area contributed by atoms with Gasteiger partial charge in [0, 0.05) is 59.8 Å². The van der Waals surface area contributed by atoms with Crippen LogP contribution in [0.3, 0.4) is 0 Å². The summed E-state index contributed by atoms with van der Waals surface area (Å²) in [6.07, 6.45) is -12.3. The van der Waals surface area contributed by atoms with Gasteiger partial charge in [-0.25, -0.2) is 19.8 Å². The Hall–Kier alpha value is -5.79. The molecule has 3 N–H and O–H groups in total. The number of methoxy groups -OCH3 is 2. The van der Waals surface area contributed by atoms with E-state index in [0.717, 1.165) is 55.8 Å². The fourth-order valence-electron chi connectivity index (χ4n) is 12.8. The number of urea groups is 1. The van der Waals surface area contributed by atoms with E-state index in [1.807, 2.05) is 6.92 Å². The first-order chi connectivity index (χ1) is 34.3. The molecular weight excluding hydrogens is 971 g/mol. The highest BCUT2D eigenvalue weighted by Gasteiger charge is 2.65. The third-order valence-corrected chi connectivity index (χ3v) is 15.4. The van der Waals surface area contributed by atoms with Crippen molar-refractivity contribution in [2.45, 2.75) is 174 Å². The third-order valence-electron chi connectivity index (χ3n) is 15.4. The van der Waals surface area contributed by atoms with Crippen molar-refractivity contribution in [2.75, 3.05) is 20.8 Å². The maximum Gasteiger partial charge on any atom is 0.339 e. The summed E-state index contributed by atoms with van der Waals surface area (Å²) in [4.78, 5) is 127. The van der Waals surface area contributed by atoms with Crippen LogP contribution in [0.5, 0.6) is 0 Å². The van der Waals surface area contributed by atoms with Crippen molar-refractivity contribution in [1.82, 2.24) is 5.43 Å². The van der Waals surface area contributed by atoms with Crippen LogP contribution in [0.2, 0.25) is 0 Å². The van der Waals surface area contributed by atoms with Crippen molar-refractivity contribution < 1.29 is 105 Å². The molecular formula is C48H67N3O22. The predicted octanol–water partition coefficient (Wildman–Crippen LogP) is 1.64. The number of nitrogens with one attached hydrogen (secondary N) is 1. The molecule has 2 aliphatic heterocycles. The first-order valence-electron chi connectivity index (χ1n) is 24.2. The number of fused-ring (bicyclic) bond motifs is 5. The Morgan fingerprint density at radius 2 is 1.11 bits per heavy atom. The second kappa shape index (κ2) is 23.2. The molecule has 0 aromatic rings. The van der Waals surface area contributed by atoms with Crippen LogP contribution in [0, 0.1) is 40.4 Å². The van der Waals surface area contributed by atoms with E-state index in [1.54, 1.807) is 0 Å². The number of primary amides is 1. The molecule has 0 aromatic heterocycles. The average Bonchev–Trinajstić information content (AvgIpc) is 3.64. The first-order valence-corrected chi connectivity index (χ1v) is 24.2. The van der Waals surface area contributed by atoms with Gasteiger partial charge in [-0.3, -0.25) is 33.6 Å². The monoisotopic (exact) mass is 1040 g/mol. The van der Waals surface area contributed by atoms with E-state index in [9.17, 15) is 47.9 Å². The quantitative estimate of drug-likeness (QED) is 0.0774. The number of esters is 8. The molecule has 73 heavy (non-hydrogen) atoms. The molecule has 18 unspecified atom stereocenters. The number of amides is 2. The van der Waals surface area contributed by atoms with Crippen LogP contribution in [0.15, 0.2) is 5.10 Å². The summed E-state index contributed by atoms with van der Waals surface area (Å²) in [6.45, 7) is 10.2. The van der Waals surface area contributed by atoms with Gasteiger partial charge >= 0.3 is 53.8 Å². The Bertz CT molecular complexity index is 2200. The fraction of sp³-hybridized carbons (Fsp3) is 0.771. The molecule has 6 rings (SSSR count). The minimum atomic E-state index is -1.73. The van der Waals surface area contributed by atoms with Crippen LogP contribution in [-0.2, 0) is 100.0 Å². The third kappa shape index (κ3) is 12.3. The molecule has 0 radical (unpaired) electrons. The molecule has 2 amide bonds. The lowest BCUT2D eigenvalue weighted by atomic mass is 9.44. The fourth-order valence-corrected chi connectivity index (χ4v) is 12.8. The number of carbonyl (C=O) groups is 10. The van der Waals surface area contributed by atoms with Gasteiger partial charge in [-0.05, 0) is 73.5 Å². The van der Waals surface area contributed by atoms with Crippen LogP contribution in [-0.4, -0.2) is 154 Å². The average molecular weight is 1040 g/mol. The van der Waals surface area contributed by atoms with E-state index < -0.39 is 145 Å². The van der Waals surface area contributed by atoms with Crippen LogP contribution < -0.4 is 11.2 Å². The van der Waals surface area contributed by atoms with E-state index in [0.29, 0.717) is 44.9 Å². The zero-order chi connectivity index (χ0) is 53.9. The number of ether oxygens (including phenoxy) is 12. The van der Waals surface area contributed by atoms with Crippen molar-refractivity contribution in [3.63, 3.8) is 0 Å². The highest BCUT2D eigenvalue weighted by Crippen LogP contribution is 2.67. The largest absolute Gasteiger partial charge is 0.467 e. The maximum absolute atomic E-state index is 14.9. The van der Waals surface area contributed by atoms with Gasteiger partial charge in [-0.15, -0.1) is 0 Å². The van der Waals surface area contributed by atoms with Gasteiger partial charge in [0.15, 0.2) is 61.4 Å². The minimum absolute atomic E-state index is 0.00857. The molecule has 18 atom stereocenters. The Balaban J connectivity index is 1.22. The van der Waals surface area contributed by atoms with Gasteiger partial charge in [0.1, 0.15) is 5.78 Å². The van der Waals surface area contributed by atoms with E-state index in [2.05, 4.69) is 17.5 Å². The summed E-state index contributed by atoms with van der Waals surface area (Å²) < 4.78 is 67.5. The Morgan fingerprint density at radius 1 is 0.630 bits per heavy atom. The van der Waals surface area contributed by atoms with E-state index >= 15 is 0 Å². The number of nitrogens with zero attached hydrogens (tertiary/aromatic N) is 1. The molecule has 0 spiro atoms. The number of hydrogen-bond acceptors (Lipinski definition) is 23. The van der Waals surface area contributed by atoms with E-state index in [1.165, 1.54) is 0 Å². The van der Waals surface area contributed by atoms with Gasteiger partial charge in [-0.2, -0.15) is 5.10 Å². The Labute approximate surface area is 421 Å². The number of carbonyl (C=O) groups excluding carboxylic acids is 10. The zero-order valence-corrected chi connectivity index (χ0v) is 42.6. The summed E-state index contributed by atoms with van der Waals surface area (Å²) in [7, 11) is 2.15. The lowest BCUT2D eigenvalue weighted by Crippen LogP contribution is -2.64. The topological polar surface area (TPSA) is 332 Å². The van der Waals surface area contributed by atoms with Crippen molar-refractivity contribution in [2.24, 2.45) is 51.3 Å². The summed E-state index contributed by atoms with van der Waals surface area (Å²) in [5.41, 5.74) is 6.82. The number of rotatable bonds is 15. The molecule has 2 heterocycles. The van der Waals surface area contributed by atoms with Gasteiger partial charge in [-0.1, -0.05) is 13.8 Å². The first kappa shape index (κ1) is 56.5. The lowest BCUT2D eigenvalue weighted by molar-refractivity contribution is -0.314. The summed E-state index contributed by atoms with van der Waals surface area (Å²) in [5.74, 6) is -7.92. The number of Topliss-reactive ketones (excluding diaryl/α,β-unsaturated/α-hetero) is 1. The van der Waals surface area contributed by atoms with Crippen LogP contribution in [0.1, 0.15) is 107 Å². The van der Waals surface area contributed by atoms with Gasteiger partial charge in [0.2, 0.25) is 0 Å². The molecule has 406 valence electrons. The van der Waals surface area contributed by atoms with Crippen LogP contribution in [0.4, 0.5) is 4.79 Å². The van der Waals surface area contributed by atoms with Gasteiger partial charge < -0.3 is 62.6 Å². The van der Waals surface area contributed by atoms with E-state index in [4.69, 9.17) is 62.6 Å². The molecule has 6 aliphatic rings.